The molecule has 1 fully saturated rings. The van der Waals surface area contributed by atoms with Gasteiger partial charge in [-0.05, 0) is 33.6 Å². The van der Waals surface area contributed by atoms with Crippen molar-refractivity contribution in [2.75, 3.05) is 13.1 Å². The molecule has 3 nitrogen and oxygen atoms in total. The lowest BCUT2D eigenvalue weighted by atomic mass is 10.1. The molecular weight excluding hydrogens is 176 g/mol. The van der Waals surface area contributed by atoms with Gasteiger partial charge in [-0.1, -0.05) is 12.8 Å². The van der Waals surface area contributed by atoms with Crippen molar-refractivity contribution < 1.29 is 4.84 Å². The van der Waals surface area contributed by atoms with Crippen LogP contribution in [0.1, 0.15) is 46.5 Å². The van der Waals surface area contributed by atoms with E-state index in [1.54, 1.807) is 0 Å². The fourth-order valence-corrected chi connectivity index (χ4v) is 1.67. The lowest BCUT2D eigenvalue weighted by molar-refractivity contribution is -0.0202. The van der Waals surface area contributed by atoms with Gasteiger partial charge < -0.3 is 5.32 Å². The lowest BCUT2D eigenvalue weighted by Crippen LogP contribution is -2.40. The molecule has 0 amide bonds. The standard InChI is InChI=1S/C11H24N2O/c1-11(2,3)12-8-9-13-14-10-6-4-5-7-10/h10,12-13H,4-9H2,1-3H3. The second-order valence-corrected chi connectivity index (χ2v) is 5.10. The first-order valence-corrected chi connectivity index (χ1v) is 5.71. The molecule has 0 aromatic carbocycles. The maximum absolute atomic E-state index is 5.53. The van der Waals surface area contributed by atoms with E-state index in [-0.39, 0.29) is 5.54 Å². The van der Waals surface area contributed by atoms with Gasteiger partial charge in [0.05, 0.1) is 6.10 Å². The second kappa shape index (κ2) is 5.69. The molecule has 0 aromatic rings. The first kappa shape index (κ1) is 12.0. The van der Waals surface area contributed by atoms with Crippen LogP contribution in [-0.4, -0.2) is 24.7 Å². The number of hydrogen-bond donors (Lipinski definition) is 2. The Morgan fingerprint density at radius 2 is 1.79 bits per heavy atom. The average molecular weight is 200 g/mol. The maximum Gasteiger partial charge on any atom is 0.0790 e. The highest BCUT2D eigenvalue weighted by molar-refractivity contribution is 4.70. The fourth-order valence-electron chi connectivity index (χ4n) is 1.67. The molecule has 0 bridgehead atoms. The zero-order chi connectivity index (χ0) is 10.4. The number of hydroxylamine groups is 1. The first-order chi connectivity index (χ1) is 6.58. The summed E-state index contributed by atoms with van der Waals surface area (Å²) < 4.78 is 0. The Kier molecular flexibility index (Phi) is 4.85. The topological polar surface area (TPSA) is 33.3 Å². The summed E-state index contributed by atoms with van der Waals surface area (Å²) in [6.45, 7) is 8.35. The van der Waals surface area contributed by atoms with Gasteiger partial charge in [-0.25, -0.2) is 5.48 Å². The molecule has 1 aliphatic rings. The van der Waals surface area contributed by atoms with Crippen molar-refractivity contribution >= 4 is 0 Å². The summed E-state index contributed by atoms with van der Waals surface area (Å²) in [4.78, 5) is 5.53. The number of nitrogens with one attached hydrogen (secondary N) is 2. The largest absolute Gasteiger partial charge is 0.311 e. The van der Waals surface area contributed by atoms with Gasteiger partial charge in [-0.2, -0.15) is 0 Å². The average Bonchev–Trinajstić information content (AvgIpc) is 2.54. The highest BCUT2D eigenvalue weighted by Crippen LogP contribution is 2.19. The molecule has 1 rings (SSSR count). The molecule has 0 spiro atoms. The highest BCUT2D eigenvalue weighted by atomic mass is 16.7. The van der Waals surface area contributed by atoms with Crippen LogP contribution in [-0.2, 0) is 4.84 Å². The normalized spacial score (nSPS) is 19.1. The molecule has 1 aliphatic carbocycles. The lowest BCUT2D eigenvalue weighted by Gasteiger charge is -2.21. The monoisotopic (exact) mass is 200 g/mol. The van der Waals surface area contributed by atoms with Crippen LogP contribution in [0.15, 0.2) is 0 Å². The van der Waals surface area contributed by atoms with Gasteiger partial charge in [0.25, 0.3) is 0 Å². The van der Waals surface area contributed by atoms with Crippen molar-refractivity contribution in [3.8, 4) is 0 Å². The van der Waals surface area contributed by atoms with Crippen LogP contribution in [0.4, 0.5) is 0 Å². The Morgan fingerprint density at radius 1 is 1.14 bits per heavy atom. The zero-order valence-corrected chi connectivity index (χ0v) is 9.73. The Hall–Kier alpha value is -0.120. The van der Waals surface area contributed by atoms with E-state index in [4.69, 9.17) is 4.84 Å². The summed E-state index contributed by atoms with van der Waals surface area (Å²) in [6.07, 6.45) is 5.56. The minimum absolute atomic E-state index is 0.203. The van der Waals surface area contributed by atoms with Crippen molar-refractivity contribution in [2.24, 2.45) is 0 Å². The Balaban J connectivity index is 1.89. The molecule has 14 heavy (non-hydrogen) atoms. The molecule has 0 aliphatic heterocycles. The van der Waals surface area contributed by atoms with Gasteiger partial charge in [0.15, 0.2) is 0 Å². The SMILES string of the molecule is CC(C)(C)NCCNOC1CCCC1. The molecule has 2 N–H and O–H groups in total. The van der Waals surface area contributed by atoms with E-state index in [2.05, 4.69) is 31.6 Å². The molecule has 3 heteroatoms. The Morgan fingerprint density at radius 3 is 2.36 bits per heavy atom. The fraction of sp³-hybridized carbons (Fsp3) is 1.00. The molecule has 0 aromatic heterocycles. The van der Waals surface area contributed by atoms with Gasteiger partial charge in [0.2, 0.25) is 0 Å². The summed E-state index contributed by atoms with van der Waals surface area (Å²) in [6, 6.07) is 0. The van der Waals surface area contributed by atoms with Gasteiger partial charge in [-0.3, -0.25) is 4.84 Å². The maximum atomic E-state index is 5.53. The summed E-state index contributed by atoms with van der Waals surface area (Å²) in [5, 5.41) is 3.40. The minimum atomic E-state index is 0.203. The molecule has 0 saturated heterocycles. The molecule has 84 valence electrons. The molecule has 0 heterocycles. The molecule has 0 atom stereocenters. The van der Waals surface area contributed by atoms with E-state index in [9.17, 15) is 0 Å². The molecule has 0 radical (unpaired) electrons. The first-order valence-electron chi connectivity index (χ1n) is 5.71. The summed E-state index contributed by atoms with van der Waals surface area (Å²) in [5.74, 6) is 0. The smallest absolute Gasteiger partial charge is 0.0790 e. The van der Waals surface area contributed by atoms with Crippen LogP contribution >= 0.6 is 0 Å². The van der Waals surface area contributed by atoms with Gasteiger partial charge in [0.1, 0.15) is 0 Å². The van der Waals surface area contributed by atoms with Gasteiger partial charge in [0, 0.05) is 18.6 Å². The van der Waals surface area contributed by atoms with Crippen molar-refractivity contribution in [2.45, 2.75) is 58.1 Å². The van der Waals surface area contributed by atoms with Crippen molar-refractivity contribution in [3.63, 3.8) is 0 Å². The number of rotatable bonds is 5. The predicted molar refractivity (Wildman–Crippen MR) is 59.1 cm³/mol. The molecule has 1 saturated carbocycles. The van der Waals surface area contributed by atoms with E-state index in [0.29, 0.717) is 6.10 Å². The second-order valence-electron chi connectivity index (χ2n) is 5.10. The van der Waals surface area contributed by atoms with Crippen LogP contribution in [0.5, 0.6) is 0 Å². The van der Waals surface area contributed by atoms with Crippen LogP contribution in [0, 0.1) is 0 Å². The van der Waals surface area contributed by atoms with Crippen LogP contribution in [0.3, 0.4) is 0 Å². The Labute approximate surface area is 87.6 Å². The van der Waals surface area contributed by atoms with Crippen molar-refractivity contribution in [1.29, 1.82) is 0 Å². The predicted octanol–water partition coefficient (Wildman–Crippen LogP) is 1.84. The van der Waals surface area contributed by atoms with E-state index in [1.807, 2.05) is 0 Å². The van der Waals surface area contributed by atoms with Gasteiger partial charge in [-0.15, -0.1) is 0 Å². The molecule has 0 unspecified atom stereocenters. The van der Waals surface area contributed by atoms with E-state index in [1.165, 1.54) is 25.7 Å². The van der Waals surface area contributed by atoms with Crippen molar-refractivity contribution in [1.82, 2.24) is 10.8 Å². The van der Waals surface area contributed by atoms with E-state index < -0.39 is 0 Å². The van der Waals surface area contributed by atoms with Crippen LogP contribution in [0.2, 0.25) is 0 Å². The van der Waals surface area contributed by atoms with Crippen molar-refractivity contribution in [3.05, 3.63) is 0 Å². The summed E-state index contributed by atoms with van der Waals surface area (Å²) in [7, 11) is 0. The van der Waals surface area contributed by atoms with E-state index in [0.717, 1.165) is 13.1 Å². The Bertz CT molecular complexity index is 148. The third-order valence-corrected chi connectivity index (χ3v) is 2.43. The summed E-state index contributed by atoms with van der Waals surface area (Å²) in [5.41, 5.74) is 3.24. The van der Waals surface area contributed by atoms with Crippen LogP contribution < -0.4 is 10.8 Å². The zero-order valence-electron chi connectivity index (χ0n) is 9.73. The summed E-state index contributed by atoms with van der Waals surface area (Å²) >= 11 is 0. The third kappa shape index (κ3) is 5.58. The molecular formula is C11H24N2O. The minimum Gasteiger partial charge on any atom is -0.311 e. The third-order valence-electron chi connectivity index (χ3n) is 2.43. The van der Waals surface area contributed by atoms with Crippen LogP contribution in [0.25, 0.3) is 0 Å². The quantitative estimate of drug-likeness (QED) is 0.525. The van der Waals surface area contributed by atoms with E-state index >= 15 is 0 Å². The number of hydrogen-bond acceptors (Lipinski definition) is 3. The highest BCUT2D eigenvalue weighted by Gasteiger charge is 2.15. The van der Waals surface area contributed by atoms with Gasteiger partial charge >= 0.3 is 0 Å².